The third-order valence-electron chi connectivity index (χ3n) is 1.56. The fourth-order valence-corrected chi connectivity index (χ4v) is 1.69. The maximum absolute atomic E-state index is 10.1. The maximum Gasteiger partial charge on any atom is 0.235 e. The second-order valence-corrected chi connectivity index (χ2v) is 3.66. The quantitative estimate of drug-likeness (QED) is 0.490. The largest absolute Gasteiger partial charge is 0.496 e. The van der Waals surface area contributed by atoms with Gasteiger partial charge >= 0.3 is 0 Å². The highest BCUT2D eigenvalue weighted by atomic mass is 127. The molecule has 4 nitrogen and oxygen atoms in total. The smallest absolute Gasteiger partial charge is 0.235 e. The summed E-state index contributed by atoms with van der Waals surface area (Å²) in [4.78, 5) is 9.58. The number of nitrogens with zero attached hydrogens (tertiary/aromatic N) is 1. The van der Waals surface area contributed by atoms with Gasteiger partial charge in [0, 0.05) is 6.08 Å². The standard InChI is InChI=1S/C9H8INO3/c1-14-9-3-2-7(6-8(9)10)4-5-11(12)13/h2-6H,1H3/b5-4+. The summed E-state index contributed by atoms with van der Waals surface area (Å²) in [6.45, 7) is 0. The van der Waals surface area contributed by atoms with E-state index in [1.165, 1.54) is 6.08 Å². The molecule has 14 heavy (non-hydrogen) atoms. The van der Waals surface area contributed by atoms with Gasteiger partial charge in [0.25, 0.3) is 0 Å². The molecule has 1 aromatic carbocycles. The third kappa shape index (κ3) is 2.99. The summed E-state index contributed by atoms with van der Waals surface area (Å²) in [5.41, 5.74) is 0.784. The zero-order chi connectivity index (χ0) is 10.6. The van der Waals surface area contributed by atoms with Crippen LogP contribution in [0.3, 0.4) is 0 Å². The van der Waals surface area contributed by atoms with E-state index in [4.69, 9.17) is 4.74 Å². The van der Waals surface area contributed by atoms with Gasteiger partial charge in [0.05, 0.1) is 15.6 Å². The minimum Gasteiger partial charge on any atom is -0.496 e. The molecule has 0 aliphatic rings. The molecule has 0 unspecified atom stereocenters. The Morgan fingerprint density at radius 1 is 1.57 bits per heavy atom. The van der Waals surface area contributed by atoms with Crippen LogP contribution < -0.4 is 4.74 Å². The van der Waals surface area contributed by atoms with Crippen molar-refractivity contribution in [3.05, 3.63) is 43.6 Å². The molecule has 0 saturated heterocycles. The van der Waals surface area contributed by atoms with Crippen LogP contribution >= 0.6 is 22.6 Å². The van der Waals surface area contributed by atoms with Crippen molar-refractivity contribution in [3.8, 4) is 5.75 Å². The van der Waals surface area contributed by atoms with Crippen LogP contribution in [0.5, 0.6) is 5.75 Å². The predicted molar refractivity (Wildman–Crippen MR) is 61.7 cm³/mol. The molecular formula is C9H8INO3. The molecule has 1 rings (SSSR count). The van der Waals surface area contributed by atoms with E-state index in [2.05, 4.69) is 22.6 Å². The summed E-state index contributed by atoms with van der Waals surface area (Å²) >= 11 is 2.11. The van der Waals surface area contributed by atoms with Gasteiger partial charge in [0.2, 0.25) is 6.20 Å². The van der Waals surface area contributed by atoms with E-state index in [0.29, 0.717) is 0 Å². The predicted octanol–water partition coefficient (Wildman–Crippen LogP) is 2.55. The van der Waals surface area contributed by atoms with E-state index < -0.39 is 4.92 Å². The molecule has 0 amide bonds. The monoisotopic (exact) mass is 305 g/mol. The van der Waals surface area contributed by atoms with Crippen molar-refractivity contribution in [2.45, 2.75) is 0 Å². The summed E-state index contributed by atoms with van der Waals surface area (Å²) < 4.78 is 5.99. The SMILES string of the molecule is COc1ccc(/C=C/[N+](=O)[O-])cc1I. The van der Waals surface area contributed by atoms with E-state index >= 15 is 0 Å². The van der Waals surface area contributed by atoms with Crippen molar-refractivity contribution >= 4 is 28.7 Å². The molecule has 74 valence electrons. The molecule has 0 spiro atoms. The summed E-state index contributed by atoms with van der Waals surface area (Å²) in [5, 5.41) is 10.1. The zero-order valence-electron chi connectivity index (χ0n) is 7.44. The summed E-state index contributed by atoms with van der Waals surface area (Å²) in [7, 11) is 1.59. The second kappa shape index (κ2) is 4.94. The van der Waals surface area contributed by atoms with Crippen LogP contribution in [-0.2, 0) is 0 Å². The molecule has 0 atom stereocenters. The van der Waals surface area contributed by atoms with Gasteiger partial charge < -0.3 is 4.74 Å². The summed E-state index contributed by atoms with van der Waals surface area (Å²) in [5.74, 6) is 0.767. The van der Waals surface area contributed by atoms with Crippen LogP contribution in [0.2, 0.25) is 0 Å². The van der Waals surface area contributed by atoms with E-state index in [9.17, 15) is 10.1 Å². The van der Waals surface area contributed by atoms with Crippen molar-refractivity contribution < 1.29 is 9.66 Å². The van der Waals surface area contributed by atoms with Gasteiger partial charge in [-0.2, -0.15) is 0 Å². The molecule has 1 aromatic rings. The van der Waals surface area contributed by atoms with Crippen LogP contribution in [0.4, 0.5) is 0 Å². The normalized spacial score (nSPS) is 10.4. The van der Waals surface area contributed by atoms with Gasteiger partial charge in [-0.15, -0.1) is 0 Å². The van der Waals surface area contributed by atoms with Crippen molar-refractivity contribution in [2.75, 3.05) is 7.11 Å². The Labute approximate surface area is 94.9 Å². The van der Waals surface area contributed by atoms with Crippen molar-refractivity contribution in [1.82, 2.24) is 0 Å². The van der Waals surface area contributed by atoms with Crippen LogP contribution in [0.25, 0.3) is 6.08 Å². The van der Waals surface area contributed by atoms with Gasteiger partial charge in [-0.05, 0) is 40.3 Å². The summed E-state index contributed by atoms with van der Waals surface area (Å²) in [6, 6.07) is 5.36. The Morgan fingerprint density at radius 2 is 2.29 bits per heavy atom. The Bertz CT molecular complexity index is 376. The molecule has 0 saturated carbocycles. The van der Waals surface area contributed by atoms with E-state index in [1.54, 1.807) is 19.2 Å². The molecule has 0 N–H and O–H groups in total. The van der Waals surface area contributed by atoms with Crippen LogP contribution in [0.1, 0.15) is 5.56 Å². The lowest BCUT2D eigenvalue weighted by molar-refractivity contribution is -0.400. The molecule has 0 aromatic heterocycles. The average molecular weight is 305 g/mol. The molecule has 0 fully saturated rings. The second-order valence-electron chi connectivity index (χ2n) is 2.50. The first-order chi connectivity index (χ1) is 6.63. The molecular weight excluding hydrogens is 297 g/mol. The Kier molecular flexibility index (Phi) is 3.87. The van der Waals surface area contributed by atoms with Gasteiger partial charge in [0.1, 0.15) is 5.75 Å². The Morgan fingerprint density at radius 3 is 2.79 bits per heavy atom. The van der Waals surface area contributed by atoms with E-state index in [-0.39, 0.29) is 0 Å². The number of methoxy groups -OCH3 is 1. The van der Waals surface area contributed by atoms with Gasteiger partial charge in [-0.1, -0.05) is 6.07 Å². The maximum atomic E-state index is 10.1. The number of nitro groups is 1. The fraction of sp³-hybridized carbons (Fsp3) is 0.111. The highest BCUT2D eigenvalue weighted by molar-refractivity contribution is 14.1. The lowest BCUT2D eigenvalue weighted by Crippen LogP contribution is -1.87. The number of rotatable bonds is 3. The van der Waals surface area contributed by atoms with Crippen LogP contribution in [-0.4, -0.2) is 12.0 Å². The van der Waals surface area contributed by atoms with Crippen molar-refractivity contribution in [3.63, 3.8) is 0 Å². The number of hydrogen-bond acceptors (Lipinski definition) is 3. The molecule has 0 bridgehead atoms. The Hall–Kier alpha value is -1.11. The first-order valence-electron chi connectivity index (χ1n) is 3.78. The molecule has 5 heteroatoms. The van der Waals surface area contributed by atoms with Crippen LogP contribution in [0.15, 0.2) is 24.4 Å². The Balaban J connectivity index is 2.91. The lowest BCUT2D eigenvalue weighted by Gasteiger charge is -2.02. The zero-order valence-corrected chi connectivity index (χ0v) is 9.59. The molecule has 0 aliphatic carbocycles. The minimum atomic E-state index is -0.489. The number of benzene rings is 1. The van der Waals surface area contributed by atoms with Crippen LogP contribution in [0, 0.1) is 13.7 Å². The highest BCUT2D eigenvalue weighted by Crippen LogP contribution is 2.21. The van der Waals surface area contributed by atoms with Crippen molar-refractivity contribution in [1.29, 1.82) is 0 Å². The van der Waals surface area contributed by atoms with E-state index in [1.807, 2.05) is 6.07 Å². The van der Waals surface area contributed by atoms with Crippen molar-refractivity contribution in [2.24, 2.45) is 0 Å². The van der Waals surface area contributed by atoms with Gasteiger partial charge in [-0.3, -0.25) is 10.1 Å². The number of ether oxygens (including phenoxy) is 1. The topological polar surface area (TPSA) is 52.4 Å². The van der Waals surface area contributed by atoms with Gasteiger partial charge in [0.15, 0.2) is 0 Å². The average Bonchev–Trinajstić information content (AvgIpc) is 2.15. The number of hydrogen-bond donors (Lipinski definition) is 0. The van der Waals surface area contributed by atoms with Gasteiger partial charge in [-0.25, -0.2) is 0 Å². The molecule has 0 heterocycles. The lowest BCUT2D eigenvalue weighted by atomic mass is 10.2. The third-order valence-corrected chi connectivity index (χ3v) is 2.41. The fourth-order valence-electron chi connectivity index (χ4n) is 0.933. The minimum absolute atomic E-state index is 0.489. The number of halogens is 1. The molecule has 0 radical (unpaired) electrons. The first-order valence-corrected chi connectivity index (χ1v) is 4.86. The summed E-state index contributed by atoms with van der Waals surface area (Å²) in [6.07, 6.45) is 2.36. The molecule has 0 aliphatic heterocycles. The highest BCUT2D eigenvalue weighted by Gasteiger charge is 1.99. The first kappa shape index (κ1) is 11.0. The van der Waals surface area contributed by atoms with E-state index in [0.717, 1.165) is 21.1 Å².